The van der Waals surface area contributed by atoms with Crippen LogP contribution in [0.5, 0.6) is 0 Å². The van der Waals surface area contributed by atoms with Crippen molar-refractivity contribution in [1.29, 1.82) is 0 Å². The molecular formula is C19H39NO2. The summed E-state index contributed by atoms with van der Waals surface area (Å²) in [6.45, 7) is 17.8. The third-order valence-electron chi connectivity index (χ3n) is 4.33. The fourth-order valence-electron chi connectivity index (χ4n) is 2.26. The highest BCUT2D eigenvalue weighted by Gasteiger charge is 2.24. The topological polar surface area (TPSA) is 44.5 Å². The number of hydrogen-bond acceptors (Lipinski definition) is 3. The SMILES string of the molecule is C=C(C)C(C)(N)OCCC(C)(C)OCC(CCC)CCCC. The Balaban J connectivity index is 4.18. The molecule has 0 aliphatic carbocycles. The highest BCUT2D eigenvalue weighted by atomic mass is 16.5. The fraction of sp³-hybridized carbons (Fsp3) is 0.895. The van der Waals surface area contributed by atoms with E-state index in [0.717, 1.165) is 18.6 Å². The molecule has 0 saturated carbocycles. The zero-order valence-corrected chi connectivity index (χ0v) is 15.8. The summed E-state index contributed by atoms with van der Waals surface area (Å²) in [5.41, 5.74) is 5.96. The van der Waals surface area contributed by atoms with Gasteiger partial charge in [0.2, 0.25) is 0 Å². The zero-order valence-electron chi connectivity index (χ0n) is 15.8. The Labute approximate surface area is 138 Å². The minimum Gasteiger partial charge on any atom is -0.375 e. The molecule has 3 nitrogen and oxygen atoms in total. The lowest BCUT2D eigenvalue weighted by molar-refractivity contribution is -0.0754. The second kappa shape index (κ2) is 10.4. The molecule has 2 unspecified atom stereocenters. The Kier molecular flexibility index (Phi) is 10.2. The van der Waals surface area contributed by atoms with E-state index in [2.05, 4.69) is 34.3 Å². The van der Waals surface area contributed by atoms with Gasteiger partial charge < -0.3 is 15.2 Å². The van der Waals surface area contributed by atoms with Gasteiger partial charge in [0.15, 0.2) is 0 Å². The van der Waals surface area contributed by atoms with Crippen molar-refractivity contribution in [3.05, 3.63) is 12.2 Å². The molecule has 0 rings (SSSR count). The Bertz CT molecular complexity index is 311. The predicted octanol–water partition coefficient (Wildman–Crippen LogP) is 5.05. The summed E-state index contributed by atoms with van der Waals surface area (Å²) in [4.78, 5) is 0. The first kappa shape index (κ1) is 21.6. The van der Waals surface area contributed by atoms with Gasteiger partial charge in [-0.1, -0.05) is 39.7 Å². The second-order valence-electron chi connectivity index (χ2n) is 7.35. The molecule has 0 aliphatic heterocycles. The average Bonchev–Trinajstić information content (AvgIpc) is 2.41. The van der Waals surface area contributed by atoms with E-state index in [1.54, 1.807) is 0 Å². The lowest BCUT2D eigenvalue weighted by Crippen LogP contribution is -2.41. The van der Waals surface area contributed by atoms with Gasteiger partial charge in [-0.3, -0.25) is 0 Å². The first-order valence-electron chi connectivity index (χ1n) is 8.87. The van der Waals surface area contributed by atoms with E-state index in [1.807, 2.05) is 13.8 Å². The van der Waals surface area contributed by atoms with Gasteiger partial charge in [0, 0.05) is 0 Å². The highest BCUT2D eigenvalue weighted by Crippen LogP contribution is 2.22. The van der Waals surface area contributed by atoms with Crippen LogP contribution in [0.1, 0.15) is 80.1 Å². The van der Waals surface area contributed by atoms with Crippen molar-refractivity contribution in [2.75, 3.05) is 13.2 Å². The highest BCUT2D eigenvalue weighted by molar-refractivity contribution is 5.04. The van der Waals surface area contributed by atoms with Crippen LogP contribution in [0.3, 0.4) is 0 Å². The van der Waals surface area contributed by atoms with Crippen molar-refractivity contribution in [3.63, 3.8) is 0 Å². The summed E-state index contributed by atoms with van der Waals surface area (Å²) in [5.74, 6) is 0.681. The summed E-state index contributed by atoms with van der Waals surface area (Å²) in [7, 11) is 0. The standard InChI is InChI=1S/C19H39NO2/c1-8-10-12-17(11-9-2)15-22-18(5,6)13-14-21-19(7,20)16(3)4/h17H,3,8-15,20H2,1-2,4-7H3. The minimum atomic E-state index is -0.748. The molecular weight excluding hydrogens is 274 g/mol. The Hall–Kier alpha value is -0.380. The number of unbranched alkanes of at least 4 members (excludes halogenated alkanes) is 1. The number of hydrogen-bond donors (Lipinski definition) is 1. The minimum absolute atomic E-state index is 0.177. The van der Waals surface area contributed by atoms with Crippen LogP contribution in [-0.4, -0.2) is 24.5 Å². The van der Waals surface area contributed by atoms with Gasteiger partial charge in [0.05, 0.1) is 18.8 Å². The maximum atomic E-state index is 6.17. The Morgan fingerprint density at radius 3 is 2.23 bits per heavy atom. The lowest BCUT2D eigenvalue weighted by atomic mass is 9.97. The molecule has 0 aromatic rings. The van der Waals surface area contributed by atoms with E-state index >= 15 is 0 Å². The van der Waals surface area contributed by atoms with E-state index < -0.39 is 5.72 Å². The Morgan fingerprint density at radius 1 is 1.09 bits per heavy atom. The molecule has 0 heterocycles. The molecule has 0 aromatic heterocycles. The van der Waals surface area contributed by atoms with Gasteiger partial charge in [-0.05, 0) is 58.4 Å². The van der Waals surface area contributed by atoms with Crippen molar-refractivity contribution in [2.24, 2.45) is 11.7 Å². The number of rotatable bonds is 13. The van der Waals surface area contributed by atoms with Gasteiger partial charge in [0.25, 0.3) is 0 Å². The van der Waals surface area contributed by atoms with Gasteiger partial charge in [0.1, 0.15) is 5.72 Å². The summed E-state index contributed by atoms with van der Waals surface area (Å²) in [5, 5.41) is 0. The largest absolute Gasteiger partial charge is 0.375 e. The molecule has 0 amide bonds. The smallest absolute Gasteiger partial charge is 0.135 e. The van der Waals surface area contributed by atoms with Crippen LogP contribution in [-0.2, 0) is 9.47 Å². The first-order chi connectivity index (χ1) is 10.1. The fourth-order valence-corrected chi connectivity index (χ4v) is 2.26. The normalized spacial score (nSPS) is 16.3. The molecule has 0 aliphatic rings. The lowest BCUT2D eigenvalue weighted by Gasteiger charge is -2.31. The van der Waals surface area contributed by atoms with E-state index in [4.69, 9.17) is 15.2 Å². The van der Waals surface area contributed by atoms with Crippen LogP contribution in [0.4, 0.5) is 0 Å². The molecule has 2 atom stereocenters. The second-order valence-corrected chi connectivity index (χ2v) is 7.35. The van der Waals surface area contributed by atoms with Crippen LogP contribution < -0.4 is 5.73 Å². The molecule has 22 heavy (non-hydrogen) atoms. The molecule has 2 N–H and O–H groups in total. The molecule has 0 saturated heterocycles. The molecule has 0 spiro atoms. The van der Waals surface area contributed by atoms with Crippen molar-refractivity contribution >= 4 is 0 Å². The zero-order chi connectivity index (χ0) is 17.2. The van der Waals surface area contributed by atoms with Crippen molar-refractivity contribution in [2.45, 2.75) is 91.4 Å². The maximum absolute atomic E-state index is 6.17. The predicted molar refractivity (Wildman–Crippen MR) is 95.9 cm³/mol. The molecule has 0 bridgehead atoms. The number of ether oxygens (including phenoxy) is 2. The van der Waals surface area contributed by atoms with E-state index in [9.17, 15) is 0 Å². The maximum Gasteiger partial charge on any atom is 0.135 e. The van der Waals surface area contributed by atoms with Crippen LogP contribution in [0.15, 0.2) is 12.2 Å². The quantitative estimate of drug-likeness (QED) is 0.382. The molecule has 0 fully saturated rings. The summed E-state index contributed by atoms with van der Waals surface area (Å²) in [6.07, 6.45) is 7.14. The van der Waals surface area contributed by atoms with Crippen molar-refractivity contribution in [3.8, 4) is 0 Å². The summed E-state index contributed by atoms with van der Waals surface area (Å²) >= 11 is 0. The summed E-state index contributed by atoms with van der Waals surface area (Å²) in [6, 6.07) is 0. The molecule has 3 heteroatoms. The van der Waals surface area contributed by atoms with Crippen LogP contribution >= 0.6 is 0 Å². The average molecular weight is 314 g/mol. The summed E-state index contributed by atoms with van der Waals surface area (Å²) < 4.78 is 11.9. The van der Waals surface area contributed by atoms with Gasteiger partial charge in [-0.15, -0.1) is 0 Å². The van der Waals surface area contributed by atoms with Crippen LogP contribution in [0, 0.1) is 5.92 Å². The van der Waals surface area contributed by atoms with E-state index in [0.29, 0.717) is 12.5 Å². The van der Waals surface area contributed by atoms with Gasteiger partial charge in [-0.25, -0.2) is 0 Å². The van der Waals surface area contributed by atoms with E-state index in [-0.39, 0.29) is 5.60 Å². The molecule has 0 aromatic carbocycles. The monoisotopic (exact) mass is 313 g/mol. The molecule has 132 valence electrons. The van der Waals surface area contributed by atoms with Crippen LogP contribution in [0.25, 0.3) is 0 Å². The Morgan fingerprint density at radius 2 is 1.73 bits per heavy atom. The first-order valence-corrected chi connectivity index (χ1v) is 8.87. The van der Waals surface area contributed by atoms with E-state index in [1.165, 1.54) is 32.1 Å². The van der Waals surface area contributed by atoms with Crippen LogP contribution in [0.2, 0.25) is 0 Å². The molecule has 0 radical (unpaired) electrons. The number of nitrogens with two attached hydrogens (primary N) is 1. The van der Waals surface area contributed by atoms with Crippen molar-refractivity contribution < 1.29 is 9.47 Å². The van der Waals surface area contributed by atoms with Crippen molar-refractivity contribution in [1.82, 2.24) is 0 Å². The third kappa shape index (κ3) is 9.60. The van der Waals surface area contributed by atoms with Gasteiger partial charge >= 0.3 is 0 Å². The van der Waals surface area contributed by atoms with Gasteiger partial charge in [-0.2, -0.15) is 0 Å². The third-order valence-corrected chi connectivity index (χ3v) is 4.33.